The molecule has 1 saturated carbocycles. The van der Waals surface area contributed by atoms with Gasteiger partial charge in [-0.15, -0.1) is 0 Å². The van der Waals surface area contributed by atoms with Crippen molar-refractivity contribution in [3.05, 3.63) is 23.8 Å². The van der Waals surface area contributed by atoms with E-state index in [0.717, 1.165) is 18.4 Å². The predicted molar refractivity (Wildman–Crippen MR) is 85.4 cm³/mol. The molecule has 0 saturated heterocycles. The number of halogens is 2. The molecule has 1 aromatic rings. The van der Waals surface area contributed by atoms with Crippen LogP contribution in [-0.4, -0.2) is 37.8 Å². The Kier molecular flexibility index (Phi) is 5.61. The number of nitrogens with one attached hydrogen (secondary N) is 2. The molecule has 2 amide bonds. The maximum absolute atomic E-state index is 13.1. The first-order valence-electron chi connectivity index (χ1n) is 7.50. The molecule has 7 nitrogen and oxygen atoms in total. The molecule has 1 aliphatic carbocycles. The van der Waals surface area contributed by atoms with Gasteiger partial charge in [-0.3, -0.25) is 4.79 Å². The number of carboxylic acids is 1. The third-order valence-corrected chi connectivity index (χ3v) is 5.19. The molecule has 25 heavy (non-hydrogen) atoms. The number of benzene rings is 1. The number of alkyl halides is 2. The smallest absolute Gasteiger partial charge is 0.319 e. The van der Waals surface area contributed by atoms with Gasteiger partial charge in [0.25, 0.3) is 6.43 Å². The largest absolute Gasteiger partial charge is 0.481 e. The van der Waals surface area contributed by atoms with Crippen molar-refractivity contribution >= 4 is 27.5 Å². The molecule has 1 fully saturated rings. The van der Waals surface area contributed by atoms with E-state index in [1.165, 1.54) is 6.07 Å². The lowest BCUT2D eigenvalue weighted by atomic mass is 10.1. The number of hydrogen-bond acceptors (Lipinski definition) is 4. The van der Waals surface area contributed by atoms with Gasteiger partial charge in [0.2, 0.25) is 0 Å². The molecule has 0 spiro atoms. The number of anilines is 1. The second-order valence-electron chi connectivity index (χ2n) is 5.97. The summed E-state index contributed by atoms with van der Waals surface area (Å²) in [6.45, 7) is 0. The molecule has 0 aromatic heterocycles. The summed E-state index contributed by atoms with van der Waals surface area (Å²) >= 11 is 0. The highest BCUT2D eigenvalue weighted by atomic mass is 32.2. The first-order chi connectivity index (χ1) is 11.6. The monoisotopic (exact) mass is 376 g/mol. The molecular weight excluding hydrogens is 358 g/mol. The number of urea groups is 1. The zero-order valence-electron chi connectivity index (χ0n) is 13.3. The number of carbonyl (C=O) groups excluding carboxylic acids is 1. The summed E-state index contributed by atoms with van der Waals surface area (Å²) in [4.78, 5) is 22.3. The second kappa shape index (κ2) is 7.34. The van der Waals surface area contributed by atoms with E-state index >= 15 is 0 Å². The number of hydrogen-bond donors (Lipinski definition) is 3. The first kappa shape index (κ1) is 19.1. The van der Waals surface area contributed by atoms with Crippen LogP contribution in [0.5, 0.6) is 0 Å². The van der Waals surface area contributed by atoms with Gasteiger partial charge in [-0.05, 0) is 37.5 Å². The zero-order valence-corrected chi connectivity index (χ0v) is 14.1. The van der Waals surface area contributed by atoms with Crippen molar-refractivity contribution in [2.45, 2.75) is 36.6 Å². The van der Waals surface area contributed by atoms with E-state index in [-0.39, 0.29) is 11.7 Å². The average molecular weight is 376 g/mol. The Morgan fingerprint density at radius 1 is 1.28 bits per heavy atom. The van der Waals surface area contributed by atoms with Crippen molar-refractivity contribution in [1.29, 1.82) is 0 Å². The summed E-state index contributed by atoms with van der Waals surface area (Å²) < 4.78 is 49.2. The van der Waals surface area contributed by atoms with Crippen LogP contribution >= 0.6 is 0 Å². The summed E-state index contributed by atoms with van der Waals surface area (Å²) in [6.07, 6.45) is -0.912. The van der Waals surface area contributed by atoms with Crippen LogP contribution in [0, 0.1) is 5.92 Å². The fraction of sp³-hybridized carbons (Fsp3) is 0.467. The van der Waals surface area contributed by atoms with E-state index < -0.39 is 44.6 Å². The number of rotatable bonds is 5. The van der Waals surface area contributed by atoms with Gasteiger partial charge in [-0.2, -0.15) is 0 Å². The van der Waals surface area contributed by atoms with Gasteiger partial charge < -0.3 is 15.7 Å². The molecule has 3 N–H and O–H groups in total. The SMILES string of the molecule is CS(=O)(=O)c1ccc(NC(=O)N[C@@H]2CC[C@H](C(=O)O)C2)cc1C(F)F. The van der Waals surface area contributed by atoms with E-state index in [4.69, 9.17) is 5.11 Å². The van der Waals surface area contributed by atoms with E-state index in [1.807, 2.05) is 0 Å². The summed E-state index contributed by atoms with van der Waals surface area (Å²) in [5.74, 6) is -1.42. The number of carboxylic acid groups (broad SMARTS) is 1. The highest BCUT2D eigenvalue weighted by molar-refractivity contribution is 7.90. The molecule has 0 aliphatic heterocycles. The first-order valence-corrected chi connectivity index (χ1v) is 9.39. The normalized spacial score (nSPS) is 20.5. The van der Waals surface area contributed by atoms with E-state index in [9.17, 15) is 26.8 Å². The van der Waals surface area contributed by atoms with Crippen molar-refractivity contribution in [1.82, 2.24) is 5.32 Å². The molecule has 0 heterocycles. The third-order valence-electron chi connectivity index (χ3n) is 4.02. The molecule has 1 aromatic carbocycles. The van der Waals surface area contributed by atoms with Gasteiger partial charge in [0.1, 0.15) is 0 Å². The van der Waals surface area contributed by atoms with Crippen molar-refractivity contribution in [2.24, 2.45) is 5.92 Å². The van der Waals surface area contributed by atoms with Crippen molar-refractivity contribution in [2.75, 3.05) is 11.6 Å². The highest BCUT2D eigenvalue weighted by Gasteiger charge is 2.30. The Bertz CT molecular complexity index is 782. The van der Waals surface area contributed by atoms with Crippen molar-refractivity contribution < 1.29 is 31.9 Å². The Hall–Kier alpha value is -2.23. The molecule has 0 bridgehead atoms. The maximum atomic E-state index is 13.1. The Labute approximate surface area is 143 Å². The fourth-order valence-electron chi connectivity index (χ4n) is 2.82. The standard InChI is InChI=1S/C15H18F2N2O5S/c1-25(23,24)12-5-4-10(7-11(12)13(16)17)19-15(22)18-9-3-2-8(6-9)14(20)21/h4-5,7-9,13H,2-3,6H2,1H3,(H,20,21)(H2,18,19,22)/t8-,9+/m0/s1. The molecule has 0 radical (unpaired) electrons. The molecule has 10 heteroatoms. The summed E-state index contributed by atoms with van der Waals surface area (Å²) in [7, 11) is -3.82. The lowest BCUT2D eigenvalue weighted by Gasteiger charge is -2.15. The van der Waals surface area contributed by atoms with E-state index in [0.29, 0.717) is 19.3 Å². The molecule has 1 aliphatic rings. The van der Waals surface area contributed by atoms with Crippen LogP contribution < -0.4 is 10.6 Å². The van der Waals surface area contributed by atoms with Crippen LogP contribution in [-0.2, 0) is 14.6 Å². The van der Waals surface area contributed by atoms with E-state index in [1.54, 1.807) is 0 Å². The van der Waals surface area contributed by atoms with Crippen LogP contribution in [0.2, 0.25) is 0 Å². The number of carbonyl (C=O) groups is 2. The lowest BCUT2D eigenvalue weighted by molar-refractivity contribution is -0.141. The van der Waals surface area contributed by atoms with Crippen LogP contribution in [0.4, 0.5) is 19.3 Å². The summed E-state index contributed by atoms with van der Waals surface area (Å²) in [5.41, 5.74) is -0.667. The van der Waals surface area contributed by atoms with Gasteiger partial charge in [0.15, 0.2) is 9.84 Å². The van der Waals surface area contributed by atoms with Crippen LogP contribution in [0.1, 0.15) is 31.3 Å². The lowest BCUT2D eigenvalue weighted by Crippen LogP contribution is -2.36. The minimum absolute atomic E-state index is 0.0213. The number of amides is 2. The minimum atomic E-state index is -3.82. The van der Waals surface area contributed by atoms with Crippen LogP contribution in [0.3, 0.4) is 0 Å². The van der Waals surface area contributed by atoms with Crippen LogP contribution in [0.15, 0.2) is 23.1 Å². The van der Waals surface area contributed by atoms with Gasteiger partial charge in [-0.25, -0.2) is 22.0 Å². The number of aliphatic carboxylic acids is 1. The Morgan fingerprint density at radius 3 is 2.48 bits per heavy atom. The number of sulfone groups is 1. The second-order valence-corrected chi connectivity index (χ2v) is 7.95. The molecule has 0 unspecified atom stereocenters. The fourth-order valence-corrected chi connectivity index (χ4v) is 3.72. The van der Waals surface area contributed by atoms with Crippen LogP contribution in [0.25, 0.3) is 0 Å². The van der Waals surface area contributed by atoms with Gasteiger partial charge in [0, 0.05) is 23.5 Å². The topological polar surface area (TPSA) is 113 Å². The predicted octanol–water partition coefficient (Wildman–Crippen LogP) is 2.40. The molecular formula is C15H18F2N2O5S. The highest BCUT2D eigenvalue weighted by Crippen LogP contribution is 2.29. The molecule has 2 rings (SSSR count). The molecule has 2 atom stereocenters. The maximum Gasteiger partial charge on any atom is 0.319 e. The van der Waals surface area contributed by atoms with Gasteiger partial charge in [0.05, 0.1) is 10.8 Å². The Morgan fingerprint density at radius 2 is 1.96 bits per heavy atom. The van der Waals surface area contributed by atoms with Crippen molar-refractivity contribution in [3.63, 3.8) is 0 Å². The quantitative estimate of drug-likeness (QED) is 0.730. The third kappa shape index (κ3) is 4.88. The average Bonchev–Trinajstić information content (AvgIpc) is 2.94. The minimum Gasteiger partial charge on any atom is -0.481 e. The van der Waals surface area contributed by atoms with E-state index in [2.05, 4.69) is 10.6 Å². The summed E-state index contributed by atoms with van der Waals surface area (Å²) in [6, 6.07) is 2.17. The zero-order chi connectivity index (χ0) is 18.8. The van der Waals surface area contributed by atoms with Gasteiger partial charge in [-0.1, -0.05) is 0 Å². The van der Waals surface area contributed by atoms with Gasteiger partial charge >= 0.3 is 12.0 Å². The molecule has 138 valence electrons. The Balaban J connectivity index is 2.06. The van der Waals surface area contributed by atoms with Crippen molar-refractivity contribution in [3.8, 4) is 0 Å². The summed E-state index contributed by atoms with van der Waals surface area (Å²) in [5, 5.41) is 13.9.